The highest BCUT2D eigenvalue weighted by molar-refractivity contribution is 8.01. The van der Waals surface area contributed by atoms with Crippen LogP contribution in [0.1, 0.15) is 32.0 Å². The number of rotatable bonds is 3. The fourth-order valence-electron chi connectivity index (χ4n) is 4.28. The van der Waals surface area contributed by atoms with Gasteiger partial charge in [0.2, 0.25) is 0 Å². The van der Waals surface area contributed by atoms with Gasteiger partial charge in [0.05, 0.1) is 26.4 Å². The molecular formula is C19H19FN2O3S2. The van der Waals surface area contributed by atoms with Crippen molar-refractivity contribution in [1.29, 1.82) is 0 Å². The fourth-order valence-corrected chi connectivity index (χ4v) is 6.58. The Morgan fingerprint density at radius 1 is 1.37 bits per heavy atom. The zero-order valence-corrected chi connectivity index (χ0v) is 16.9. The lowest BCUT2D eigenvalue weighted by atomic mass is 9.73. The van der Waals surface area contributed by atoms with Crippen molar-refractivity contribution in [3.8, 4) is 11.3 Å². The van der Waals surface area contributed by atoms with Crippen LogP contribution >= 0.6 is 24.0 Å². The Kier molecular flexibility index (Phi) is 3.95. The molecule has 0 spiro atoms. The molecule has 1 aromatic carbocycles. The first-order valence-electron chi connectivity index (χ1n) is 8.60. The third kappa shape index (κ3) is 2.20. The maximum atomic E-state index is 13.4. The van der Waals surface area contributed by atoms with Gasteiger partial charge in [0, 0.05) is 11.5 Å². The van der Waals surface area contributed by atoms with E-state index in [9.17, 15) is 14.3 Å². The van der Waals surface area contributed by atoms with Crippen LogP contribution in [0.2, 0.25) is 0 Å². The molecular weight excluding hydrogens is 387 g/mol. The summed E-state index contributed by atoms with van der Waals surface area (Å²) in [5.41, 5.74) is 0.139. The van der Waals surface area contributed by atoms with E-state index in [-0.39, 0.29) is 17.1 Å². The van der Waals surface area contributed by atoms with E-state index in [0.29, 0.717) is 27.6 Å². The number of aliphatic carboxylic acids is 1. The van der Waals surface area contributed by atoms with E-state index < -0.39 is 16.3 Å². The van der Waals surface area contributed by atoms with Crippen LogP contribution in [-0.2, 0) is 10.3 Å². The molecule has 3 heterocycles. The Balaban J connectivity index is 2.00. The minimum Gasteiger partial charge on any atom is -0.479 e. The number of hydrogen-bond donors (Lipinski definition) is 1. The third-order valence-corrected chi connectivity index (χ3v) is 7.91. The van der Waals surface area contributed by atoms with E-state index in [0.717, 1.165) is 0 Å². The van der Waals surface area contributed by atoms with Crippen LogP contribution < -0.4 is 0 Å². The summed E-state index contributed by atoms with van der Waals surface area (Å²) in [5, 5.41) is 14.5. The van der Waals surface area contributed by atoms with Gasteiger partial charge in [-0.15, -0.1) is 11.8 Å². The molecule has 142 valence electrons. The number of halogens is 1. The average Bonchev–Trinajstić information content (AvgIpc) is 3.09. The Hall–Kier alpha value is -1.93. The summed E-state index contributed by atoms with van der Waals surface area (Å²) < 4.78 is 18.2. The van der Waals surface area contributed by atoms with Crippen LogP contribution in [-0.4, -0.2) is 36.2 Å². The Morgan fingerprint density at radius 2 is 2.00 bits per heavy atom. The van der Waals surface area contributed by atoms with Crippen LogP contribution in [0.5, 0.6) is 0 Å². The van der Waals surface area contributed by atoms with Gasteiger partial charge in [-0.3, -0.25) is 0 Å². The SMILES string of the molecule is Cc1noc(-c2ccc(F)cc2)c1[C@@]1(C(=O)O)N2C(=S)[C@@H](C)[C@H]2SC1(C)C. The van der Waals surface area contributed by atoms with Crippen LogP contribution in [0.4, 0.5) is 4.39 Å². The molecule has 2 saturated heterocycles. The standard InChI is InChI=1S/C19H19FN2O3S2/c1-9-15(26)22-16(9)27-18(3,4)19(22,17(23)24)13-10(2)21-25-14(13)11-5-7-12(20)8-6-11/h5-9,16H,1-4H3,(H,23,24)/t9-,16-,19+/m1/s1. The van der Waals surface area contributed by atoms with Gasteiger partial charge < -0.3 is 14.5 Å². The number of carboxylic acid groups (broad SMARTS) is 1. The van der Waals surface area contributed by atoms with Crippen LogP contribution in [0.15, 0.2) is 28.8 Å². The molecule has 2 aromatic rings. The highest BCUT2D eigenvalue weighted by Crippen LogP contribution is 2.64. The number of thioether (sulfide) groups is 1. The lowest BCUT2D eigenvalue weighted by molar-refractivity contribution is -0.152. The topological polar surface area (TPSA) is 66.6 Å². The van der Waals surface area contributed by atoms with E-state index >= 15 is 0 Å². The summed E-state index contributed by atoms with van der Waals surface area (Å²) in [6, 6.07) is 5.77. The van der Waals surface area contributed by atoms with Crippen molar-refractivity contribution in [2.75, 3.05) is 0 Å². The number of benzene rings is 1. The molecule has 0 unspecified atom stereocenters. The summed E-state index contributed by atoms with van der Waals surface area (Å²) in [5.74, 6) is -0.906. The minimum absolute atomic E-state index is 0.0148. The zero-order chi connectivity index (χ0) is 19.7. The lowest BCUT2D eigenvalue weighted by Gasteiger charge is -2.51. The second-order valence-corrected chi connectivity index (χ2v) is 9.67. The summed E-state index contributed by atoms with van der Waals surface area (Å²) in [6.07, 6.45) is 0. The molecule has 0 radical (unpaired) electrons. The molecule has 0 aliphatic carbocycles. The van der Waals surface area contributed by atoms with Crippen molar-refractivity contribution >= 4 is 34.9 Å². The van der Waals surface area contributed by atoms with Crippen molar-refractivity contribution in [2.45, 2.75) is 43.4 Å². The van der Waals surface area contributed by atoms with Crippen molar-refractivity contribution in [2.24, 2.45) is 5.92 Å². The number of carbonyl (C=O) groups is 1. The molecule has 3 atom stereocenters. The quantitative estimate of drug-likeness (QED) is 0.766. The van der Waals surface area contributed by atoms with Crippen LogP contribution in [0.3, 0.4) is 0 Å². The zero-order valence-electron chi connectivity index (χ0n) is 15.3. The van der Waals surface area contributed by atoms with Crippen molar-refractivity contribution in [3.63, 3.8) is 0 Å². The first-order valence-corrected chi connectivity index (χ1v) is 9.89. The predicted octanol–water partition coefficient (Wildman–Crippen LogP) is 4.20. The van der Waals surface area contributed by atoms with E-state index in [2.05, 4.69) is 5.16 Å². The fraction of sp³-hybridized carbons (Fsp3) is 0.421. The molecule has 2 fully saturated rings. The van der Waals surface area contributed by atoms with Gasteiger partial charge in [-0.1, -0.05) is 24.3 Å². The molecule has 1 aromatic heterocycles. The highest BCUT2D eigenvalue weighted by Gasteiger charge is 2.72. The molecule has 2 aliphatic rings. The third-order valence-electron chi connectivity index (χ3n) is 5.60. The number of hydrogen-bond acceptors (Lipinski definition) is 5. The van der Waals surface area contributed by atoms with E-state index in [1.807, 2.05) is 25.7 Å². The van der Waals surface area contributed by atoms with Gasteiger partial charge in [-0.2, -0.15) is 0 Å². The first-order chi connectivity index (χ1) is 12.6. The smallest absolute Gasteiger partial charge is 0.336 e. The van der Waals surface area contributed by atoms with Gasteiger partial charge in [0.15, 0.2) is 11.3 Å². The molecule has 0 saturated carbocycles. The first kappa shape index (κ1) is 18.4. The number of fused-ring (bicyclic) bond motifs is 1. The molecule has 2 aliphatic heterocycles. The van der Waals surface area contributed by atoms with Crippen LogP contribution in [0.25, 0.3) is 11.3 Å². The molecule has 1 N–H and O–H groups in total. The minimum atomic E-state index is -1.42. The van der Waals surface area contributed by atoms with E-state index in [1.54, 1.807) is 30.8 Å². The van der Waals surface area contributed by atoms with Gasteiger partial charge >= 0.3 is 5.97 Å². The van der Waals surface area contributed by atoms with Gasteiger partial charge in [0.25, 0.3) is 0 Å². The second kappa shape index (κ2) is 5.78. The van der Waals surface area contributed by atoms with Crippen molar-refractivity contribution < 1.29 is 18.8 Å². The summed E-state index contributed by atoms with van der Waals surface area (Å²) >= 11 is 7.16. The number of nitrogens with zero attached hydrogens (tertiary/aromatic N) is 2. The Labute approximate surface area is 165 Å². The summed E-state index contributed by atoms with van der Waals surface area (Å²) in [6.45, 7) is 7.59. The maximum Gasteiger partial charge on any atom is 0.336 e. The molecule has 4 rings (SSSR count). The summed E-state index contributed by atoms with van der Waals surface area (Å²) in [4.78, 5) is 15.3. The van der Waals surface area contributed by atoms with E-state index in [4.69, 9.17) is 16.7 Å². The molecule has 8 heteroatoms. The van der Waals surface area contributed by atoms with Gasteiger partial charge in [0.1, 0.15) is 5.82 Å². The van der Waals surface area contributed by atoms with Crippen molar-refractivity contribution in [3.05, 3.63) is 41.3 Å². The Bertz CT molecular complexity index is 956. The Morgan fingerprint density at radius 3 is 2.59 bits per heavy atom. The lowest BCUT2D eigenvalue weighted by Crippen LogP contribution is -2.67. The second-order valence-electron chi connectivity index (χ2n) is 7.51. The number of thiocarbonyl (C=S) groups is 1. The predicted molar refractivity (Wildman–Crippen MR) is 105 cm³/mol. The molecule has 0 amide bonds. The number of aryl methyl sites for hydroxylation is 1. The van der Waals surface area contributed by atoms with Gasteiger partial charge in [-0.25, -0.2) is 9.18 Å². The van der Waals surface area contributed by atoms with E-state index in [1.165, 1.54) is 12.1 Å². The van der Waals surface area contributed by atoms with Crippen LogP contribution in [0, 0.1) is 18.7 Å². The number of carboxylic acids is 1. The normalized spacial score (nSPS) is 28.8. The molecule has 5 nitrogen and oxygen atoms in total. The highest BCUT2D eigenvalue weighted by atomic mass is 32.2. The number of aromatic nitrogens is 1. The molecule has 27 heavy (non-hydrogen) atoms. The van der Waals surface area contributed by atoms with Gasteiger partial charge in [-0.05, 0) is 45.0 Å². The van der Waals surface area contributed by atoms with Crippen molar-refractivity contribution in [1.82, 2.24) is 10.1 Å². The monoisotopic (exact) mass is 406 g/mol. The average molecular weight is 407 g/mol. The summed E-state index contributed by atoms with van der Waals surface area (Å²) in [7, 11) is 0. The molecule has 0 bridgehead atoms. The maximum absolute atomic E-state index is 13.4. The largest absolute Gasteiger partial charge is 0.479 e.